The second-order valence-corrected chi connectivity index (χ2v) is 6.27. The Kier molecular flexibility index (Phi) is 7.87. The predicted octanol–water partition coefficient (Wildman–Crippen LogP) is 2.84. The first-order chi connectivity index (χ1) is 8.58. The smallest absolute Gasteiger partial charge is 0.0813 e. The lowest BCUT2D eigenvalue weighted by Gasteiger charge is -2.15. The van der Waals surface area contributed by atoms with Crippen molar-refractivity contribution < 1.29 is 9.47 Å². The third-order valence-electron chi connectivity index (χ3n) is 3.26. The van der Waals surface area contributed by atoms with Crippen LogP contribution in [0.2, 0.25) is 0 Å². The van der Waals surface area contributed by atoms with Crippen LogP contribution < -0.4 is 5.32 Å². The van der Waals surface area contributed by atoms with E-state index < -0.39 is 0 Å². The molecule has 108 valence electrons. The fourth-order valence-electron chi connectivity index (χ4n) is 2.12. The molecule has 3 heteroatoms. The summed E-state index contributed by atoms with van der Waals surface area (Å²) in [6.07, 6.45) is 4.18. The highest BCUT2D eigenvalue weighted by Gasteiger charge is 2.24. The summed E-state index contributed by atoms with van der Waals surface area (Å²) in [6, 6.07) is 0. The molecule has 0 saturated carbocycles. The fourth-order valence-corrected chi connectivity index (χ4v) is 2.12. The van der Waals surface area contributed by atoms with Crippen LogP contribution in [-0.4, -0.2) is 38.5 Å². The molecule has 0 radical (unpaired) electrons. The maximum Gasteiger partial charge on any atom is 0.0813 e. The molecule has 0 aromatic carbocycles. The average Bonchev–Trinajstić information content (AvgIpc) is 2.72. The first kappa shape index (κ1) is 15.9. The molecule has 1 heterocycles. The van der Waals surface area contributed by atoms with Gasteiger partial charge >= 0.3 is 0 Å². The molecular formula is C15H31NO2. The normalized spacial score (nSPS) is 24.3. The lowest BCUT2D eigenvalue weighted by Crippen LogP contribution is -2.30. The summed E-state index contributed by atoms with van der Waals surface area (Å²) in [7, 11) is 0. The van der Waals surface area contributed by atoms with Gasteiger partial charge < -0.3 is 14.8 Å². The van der Waals surface area contributed by atoms with Gasteiger partial charge in [0.2, 0.25) is 0 Å². The van der Waals surface area contributed by atoms with Crippen molar-refractivity contribution in [3.05, 3.63) is 0 Å². The molecule has 1 aliphatic rings. The Balaban J connectivity index is 1.99. The molecule has 2 atom stereocenters. The summed E-state index contributed by atoms with van der Waals surface area (Å²) >= 11 is 0. The van der Waals surface area contributed by atoms with Crippen molar-refractivity contribution in [2.45, 2.75) is 59.2 Å². The Morgan fingerprint density at radius 1 is 1.11 bits per heavy atom. The van der Waals surface area contributed by atoms with Crippen LogP contribution in [0.5, 0.6) is 0 Å². The van der Waals surface area contributed by atoms with Crippen molar-refractivity contribution in [1.82, 2.24) is 5.32 Å². The lowest BCUT2D eigenvalue weighted by atomic mass is 10.1. The average molecular weight is 257 g/mol. The number of hydrogen-bond acceptors (Lipinski definition) is 3. The predicted molar refractivity (Wildman–Crippen MR) is 75.9 cm³/mol. The van der Waals surface area contributed by atoms with Crippen molar-refractivity contribution >= 4 is 0 Å². The van der Waals surface area contributed by atoms with Crippen molar-refractivity contribution in [2.24, 2.45) is 11.8 Å². The van der Waals surface area contributed by atoms with Crippen LogP contribution in [-0.2, 0) is 9.47 Å². The zero-order valence-electron chi connectivity index (χ0n) is 12.6. The molecule has 0 aromatic heterocycles. The minimum atomic E-state index is 0.322. The summed E-state index contributed by atoms with van der Waals surface area (Å²) < 4.78 is 11.6. The quantitative estimate of drug-likeness (QED) is 0.644. The Morgan fingerprint density at radius 2 is 1.83 bits per heavy atom. The number of nitrogens with one attached hydrogen (secondary N) is 1. The van der Waals surface area contributed by atoms with Gasteiger partial charge in [0.05, 0.1) is 18.8 Å². The number of rotatable bonds is 9. The third kappa shape index (κ3) is 7.34. The van der Waals surface area contributed by atoms with Gasteiger partial charge in [-0.05, 0) is 37.6 Å². The van der Waals surface area contributed by atoms with Crippen LogP contribution >= 0.6 is 0 Å². The fraction of sp³-hybridized carbons (Fsp3) is 1.00. The van der Waals surface area contributed by atoms with Gasteiger partial charge in [0, 0.05) is 13.2 Å². The molecule has 1 N–H and O–H groups in total. The molecule has 1 rings (SSSR count). The van der Waals surface area contributed by atoms with Crippen LogP contribution in [0.25, 0.3) is 0 Å². The van der Waals surface area contributed by atoms with Crippen LogP contribution in [0.15, 0.2) is 0 Å². The molecule has 0 aliphatic carbocycles. The molecule has 1 saturated heterocycles. The molecule has 18 heavy (non-hydrogen) atoms. The van der Waals surface area contributed by atoms with Crippen molar-refractivity contribution in [3.8, 4) is 0 Å². The summed E-state index contributed by atoms with van der Waals surface area (Å²) in [6.45, 7) is 12.6. The minimum absolute atomic E-state index is 0.322. The van der Waals surface area contributed by atoms with E-state index >= 15 is 0 Å². The van der Waals surface area contributed by atoms with Gasteiger partial charge in [-0.3, -0.25) is 0 Å². The van der Waals surface area contributed by atoms with Gasteiger partial charge in [-0.25, -0.2) is 0 Å². The summed E-state index contributed by atoms with van der Waals surface area (Å²) in [4.78, 5) is 0. The molecule has 1 aliphatic heterocycles. The summed E-state index contributed by atoms with van der Waals surface area (Å²) in [5.74, 6) is 1.43. The van der Waals surface area contributed by atoms with E-state index in [0.29, 0.717) is 18.1 Å². The van der Waals surface area contributed by atoms with Crippen molar-refractivity contribution in [2.75, 3.05) is 26.3 Å². The highest BCUT2D eigenvalue weighted by Crippen LogP contribution is 2.19. The number of hydrogen-bond donors (Lipinski definition) is 1. The molecular weight excluding hydrogens is 226 g/mol. The SMILES string of the molecule is CC(C)CCOCC1CCC(CNCC(C)C)O1. The zero-order chi connectivity index (χ0) is 13.4. The maximum atomic E-state index is 5.96. The van der Waals surface area contributed by atoms with Crippen LogP contribution in [0.4, 0.5) is 0 Å². The van der Waals surface area contributed by atoms with E-state index in [1.807, 2.05) is 0 Å². The maximum absolute atomic E-state index is 5.96. The third-order valence-corrected chi connectivity index (χ3v) is 3.26. The molecule has 0 spiro atoms. The molecule has 0 aromatic rings. The molecule has 0 bridgehead atoms. The van der Waals surface area contributed by atoms with E-state index in [1.54, 1.807) is 0 Å². The molecule has 2 unspecified atom stereocenters. The van der Waals surface area contributed by atoms with E-state index in [-0.39, 0.29) is 0 Å². The van der Waals surface area contributed by atoms with E-state index in [4.69, 9.17) is 9.47 Å². The monoisotopic (exact) mass is 257 g/mol. The standard InChI is InChI=1S/C15H31NO2/c1-12(2)7-8-17-11-15-6-5-14(18-15)10-16-9-13(3)4/h12-16H,5-11H2,1-4H3. The zero-order valence-corrected chi connectivity index (χ0v) is 12.6. The van der Waals surface area contributed by atoms with Gasteiger partial charge in [0.25, 0.3) is 0 Å². The Hall–Kier alpha value is -0.120. The van der Waals surface area contributed by atoms with Gasteiger partial charge in [0.1, 0.15) is 0 Å². The molecule has 0 amide bonds. The lowest BCUT2D eigenvalue weighted by molar-refractivity contribution is -0.0162. The van der Waals surface area contributed by atoms with Gasteiger partial charge in [-0.1, -0.05) is 27.7 Å². The van der Waals surface area contributed by atoms with Gasteiger partial charge in [-0.2, -0.15) is 0 Å². The molecule has 3 nitrogen and oxygen atoms in total. The molecule has 1 fully saturated rings. The van der Waals surface area contributed by atoms with Crippen molar-refractivity contribution in [3.63, 3.8) is 0 Å². The van der Waals surface area contributed by atoms with Gasteiger partial charge in [-0.15, -0.1) is 0 Å². The van der Waals surface area contributed by atoms with E-state index in [9.17, 15) is 0 Å². The second kappa shape index (κ2) is 8.89. The minimum Gasteiger partial charge on any atom is -0.379 e. The Bertz CT molecular complexity index is 207. The summed E-state index contributed by atoms with van der Waals surface area (Å²) in [5.41, 5.74) is 0. The van der Waals surface area contributed by atoms with Crippen LogP contribution in [0, 0.1) is 11.8 Å². The second-order valence-electron chi connectivity index (χ2n) is 6.27. The van der Waals surface area contributed by atoms with Crippen LogP contribution in [0.3, 0.4) is 0 Å². The summed E-state index contributed by atoms with van der Waals surface area (Å²) in [5, 5.41) is 3.46. The number of ether oxygens (including phenoxy) is 2. The van der Waals surface area contributed by atoms with Crippen LogP contribution in [0.1, 0.15) is 47.0 Å². The Morgan fingerprint density at radius 3 is 2.50 bits per heavy atom. The van der Waals surface area contributed by atoms with E-state index in [2.05, 4.69) is 33.0 Å². The topological polar surface area (TPSA) is 30.5 Å². The highest BCUT2D eigenvalue weighted by atomic mass is 16.5. The largest absolute Gasteiger partial charge is 0.379 e. The van der Waals surface area contributed by atoms with Crippen molar-refractivity contribution in [1.29, 1.82) is 0 Å². The highest BCUT2D eigenvalue weighted by molar-refractivity contribution is 4.75. The Labute approximate surface area is 113 Å². The van der Waals surface area contributed by atoms with E-state index in [1.165, 1.54) is 6.42 Å². The first-order valence-electron chi connectivity index (χ1n) is 7.51. The first-order valence-corrected chi connectivity index (χ1v) is 7.51. The van der Waals surface area contributed by atoms with E-state index in [0.717, 1.165) is 45.1 Å². The van der Waals surface area contributed by atoms with Gasteiger partial charge in [0.15, 0.2) is 0 Å².